The van der Waals surface area contributed by atoms with Crippen LogP contribution >= 0.6 is 0 Å². The molecule has 1 aliphatic carbocycles. The maximum absolute atomic E-state index is 12.4. The van der Waals surface area contributed by atoms with Crippen LogP contribution in [0.1, 0.15) is 29.5 Å². The molecule has 1 N–H and O–H groups in total. The van der Waals surface area contributed by atoms with Gasteiger partial charge in [0.25, 0.3) is 0 Å². The van der Waals surface area contributed by atoms with Crippen LogP contribution in [0.15, 0.2) is 36.4 Å². The Morgan fingerprint density at radius 1 is 1.00 bits per heavy atom. The zero-order valence-electron chi connectivity index (χ0n) is 16.0. The average Bonchev–Trinajstić information content (AvgIpc) is 2.71. The summed E-state index contributed by atoms with van der Waals surface area (Å²) in [7, 11) is 4.69. The van der Waals surface area contributed by atoms with Gasteiger partial charge >= 0.3 is 0 Å². The lowest BCUT2D eigenvalue weighted by Gasteiger charge is -2.19. The Balaban J connectivity index is 1.78. The van der Waals surface area contributed by atoms with Gasteiger partial charge in [-0.1, -0.05) is 12.1 Å². The Labute approximate surface area is 159 Å². The van der Waals surface area contributed by atoms with Crippen LogP contribution in [0.5, 0.6) is 17.2 Å². The fraction of sp³-hybridized carbons (Fsp3) is 0.318. The van der Waals surface area contributed by atoms with Crippen molar-refractivity contribution in [3.05, 3.63) is 53.1 Å². The summed E-state index contributed by atoms with van der Waals surface area (Å²) in [5.74, 6) is 1.46. The minimum atomic E-state index is -0.164. The highest BCUT2D eigenvalue weighted by atomic mass is 16.5. The predicted molar refractivity (Wildman–Crippen MR) is 107 cm³/mol. The molecule has 1 amide bonds. The normalized spacial score (nSPS) is 13.1. The predicted octanol–water partition coefficient (Wildman–Crippen LogP) is 4.24. The molecule has 0 fully saturated rings. The van der Waals surface area contributed by atoms with Crippen molar-refractivity contribution in [2.45, 2.75) is 25.7 Å². The molecule has 5 nitrogen and oxygen atoms in total. The lowest BCUT2D eigenvalue weighted by Crippen LogP contribution is -2.13. The third-order valence-electron chi connectivity index (χ3n) is 4.77. The Hall–Kier alpha value is -2.95. The summed E-state index contributed by atoms with van der Waals surface area (Å²) in [5.41, 5.74) is 4.30. The molecule has 0 heterocycles. The Morgan fingerprint density at radius 2 is 1.70 bits per heavy atom. The molecule has 0 aliphatic heterocycles. The van der Waals surface area contributed by atoms with E-state index in [2.05, 4.69) is 11.4 Å². The maximum atomic E-state index is 12.4. The fourth-order valence-electron chi connectivity index (χ4n) is 3.44. The monoisotopic (exact) mass is 367 g/mol. The number of fused-ring (bicyclic) bond motifs is 1. The first-order chi connectivity index (χ1) is 13.2. The van der Waals surface area contributed by atoms with Gasteiger partial charge in [0.1, 0.15) is 0 Å². The molecule has 3 rings (SSSR count). The molecule has 0 atom stereocenters. The Morgan fingerprint density at radius 3 is 2.37 bits per heavy atom. The molecule has 0 unspecified atom stereocenters. The number of amides is 1. The van der Waals surface area contributed by atoms with E-state index in [1.807, 2.05) is 12.1 Å². The minimum Gasteiger partial charge on any atom is -0.493 e. The van der Waals surface area contributed by atoms with E-state index >= 15 is 0 Å². The van der Waals surface area contributed by atoms with Gasteiger partial charge in [-0.3, -0.25) is 4.79 Å². The smallest absolute Gasteiger partial charge is 0.248 e. The van der Waals surface area contributed by atoms with Crippen molar-refractivity contribution in [3.63, 3.8) is 0 Å². The second-order valence-electron chi connectivity index (χ2n) is 6.43. The summed E-state index contributed by atoms with van der Waals surface area (Å²) < 4.78 is 16.0. The molecule has 2 aromatic rings. The zero-order chi connectivity index (χ0) is 19.2. The SMILES string of the molecule is COc1cc(/C=C/C(=O)Nc2cccc3c2CCCC3)cc(OC)c1OC. The number of anilines is 1. The van der Waals surface area contributed by atoms with E-state index in [1.54, 1.807) is 39.5 Å². The molecule has 0 spiro atoms. The number of hydrogen-bond donors (Lipinski definition) is 1. The van der Waals surface area contributed by atoms with Gasteiger partial charge in [-0.15, -0.1) is 0 Å². The summed E-state index contributed by atoms with van der Waals surface area (Å²) in [6.07, 6.45) is 7.73. The van der Waals surface area contributed by atoms with Gasteiger partial charge in [0.2, 0.25) is 11.7 Å². The number of hydrogen-bond acceptors (Lipinski definition) is 4. The van der Waals surface area contributed by atoms with Gasteiger partial charge in [0.05, 0.1) is 21.3 Å². The largest absolute Gasteiger partial charge is 0.493 e. The average molecular weight is 367 g/mol. The van der Waals surface area contributed by atoms with Crippen molar-refractivity contribution in [1.29, 1.82) is 0 Å². The summed E-state index contributed by atoms with van der Waals surface area (Å²) in [6.45, 7) is 0. The van der Waals surface area contributed by atoms with Crippen molar-refractivity contribution in [2.24, 2.45) is 0 Å². The zero-order valence-corrected chi connectivity index (χ0v) is 16.0. The summed E-state index contributed by atoms with van der Waals surface area (Å²) in [6, 6.07) is 9.72. The third kappa shape index (κ3) is 4.25. The molecule has 2 aromatic carbocycles. The first-order valence-electron chi connectivity index (χ1n) is 9.06. The highest BCUT2D eigenvalue weighted by molar-refractivity contribution is 6.02. The number of aryl methyl sites for hydroxylation is 1. The molecule has 0 radical (unpaired) electrons. The van der Waals surface area contributed by atoms with Crippen LogP contribution < -0.4 is 19.5 Å². The first kappa shape index (κ1) is 18.8. The van der Waals surface area contributed by atoms with Gasteiger partial charge in [-0.2, -0.15) is 0 Å². The quantitative estimate of drug-likeness (QED) is 0.776. The number of methoxy groups -OCH3 is 3. The highest BCUT2D eigenvalue weighted by Crippen LogP contribution is 2.38. The number of ether oxygens (including phenoxy) is 3. The van der Waals surface area contributed by atoms with Crippen LogP contribution in [0.25, 0.3) is 6.08 Å². The van der Waals surface area contributed by atoms with E-state index in [0.29, 0.717) is 17.2 Å². The number of carbonyl (C=O) groups excluding carboxylic acids is 1. The number of carbonyl (C=O) groups is 1. The minimum absolute atomic E-state index is 0.164. The molecule has 142 valence electrons. The number of benzene rings is 2. The van der Waals surface area contributed by atoms with Crippen LogP contribution in [0.3, 0.4) is 0 Å². The Bertz CT molecular complexity index is 832. The molecule has 1 aliphatic rings. The Kier molecular flexibility index (Phi) is 6.01. The van der Waals surface area contributed by atoms with E-state index in [1.165, 1.54) is 30.0 Å². The van der Waals surface area contributed by atoms with Crippen LogP contribution in [-0.2, 0) is 17.6 Å². The summed E-state index contributed by atoms with van der Waals surface area (Å²) in [5, 5.41) is 3.01. The van der Waals surface area contributed by atoms with Crippen LogP contribution in [0.4, 0.5) is 5.69 Å². The van der Waals surface area contributed by atoms with Gasteiger partial charge in [-0.05, 0) is 66.6 Å². The van der Waals surface area contributed by atoms with Crippen molar-refractivity contribution in [2.75, 3.05) is 26.6 Å². The van der Waals surface area contributed by atoms with Crippen LogP contribution in [-0.4, -0.2) is 27.2 Å². The maximum Gasteiger partial charge on any atom is 0.248 e. The fourth-order valence-corrected chi connectivity index (χ4v) is 3.44. The summed E-state index contributed by atoms with van der Waals surface area (Å²) >= 11 is 0. The molecule has 27 heavy (non-hydrogen) atoms. The van der Waals surface area contributed by atoms with E-state index in [4.69, 9.17) is 14.2 Å². The van der Waals surface area contributed by atoms with E-state index in [9.17, 15) is 4.79 Å². The van der Waals surface area contributed by atoms with E-state index in [-0.39, 0.29) is 5.91 Å². The highest BCUT2D eigenvalue weighted by Gasteiger charge is 2.14. The lowest BCUT2D eigenvalue weighted by atomic mass is 9.90. The third-order valence-corrected chi connectivity index (χ3v) is 4.77. The molecule has 5 heteroatoms. The number of nitrogens with one attached hydrogen (secondary N) is 1. The standard InChI is InChI=1S/C22H25NO4/c1-25-19-13-15(14-20(26-2)22(19)27-3)11-12-21(24)23-18-10-6-8-16-7-4-5-9-17(16)18/h6,8,10-14H,4-5,7,9H2,1-3H3,(H,23,24)/b12-11+. The topological polar surface area (TPSA) is 56.8 Å². The molecular formula is C22H25NO4. The van der Waals surface area contributed by atoms with Crippen molar-refractivity contribution in [3.8, 4) is 17.2 Å². The first-order valence-corrected chi connectivity index (χ1v) is 9.06. The second-order valence-corrected chi connectivity index (χ2v) is 6.43. The van der Waals surface area contributed by atoms with Gasteiger partial charge in [0.15, 0.2) is 11.5 Å². The van der Waals surface area contributed by atoms with E-state index < -0.39 is 0 Å². The van der Waals surface area contributed by atoms with Crippen molar-refractivity contribution < 1.29 is 19.0 Å². The molecule has 0 aromatic heterocycles. The number of rotatable bonds is 6. The second kappa shape index (κ2) is 8.62. The van der Waals surface area contributed by atoms with Crippen LogP contribution in [0.2, 0.25) is 0 Å². The van der Waals surface area contributed by atoms with Crippen LogP contribution in [0, 0.1) is 0 Å². The molecule has 0 saturated carbocycles. The molecular weight excluding hydrogens is 342 g/mol. The van der Waals surface area contributed by atoms with E-state index in [0.717, 1.165) is 24.1 Å². The molecule has 0 saturated heterocycles. The lowest BCUT2D eigenvalue weighted by molar-refractivity contribution is -0.111. The van der Waals surface area contributed by atoms with Crippen molar-refractivity contribution >= 4 is 17.7 Å². The summed E-state index contributed by atoms with van der Waals surface area (Å²) in [4.78, 5) is 12.4. The van der Waals surface area contributed by atoms with Gasteiger partial charge < -0.3 is 19.5 Å². The van der Waals surface area contributed by atoms with Gasteiger partial charge in [-0.25, -0.2) is 0 Å². The van der Waals surface area contributed by atoms with Crippen molar-refractivity contribution in [1.82, 2.24) is 0 Å². The van der Waals surface area contributed by atoms with Gasteiger partial charge in [0, 0.05) is 11.8 Å². The molecule has 0 bridgehead atoms.